The van der Waals surface area contributed by atoms with Crippen LogP contribution >= 0.6 is 0 Å². The third kappa shape index (κ3) is 3.83. The van der Waals surface area contributed by atoms with E-state index in [0.29, 0.717) is 23.7 Å². The van der Waals surface area contributed by atoms with Gasteiger partial charge in [-0.25, -0.2) is 9.97 Å². The number of benzene rings is 1. The number of amides is 1. The lowest BCUT2D eigenvalue weighted by Crippen LogP contribution is -2.23. The molecule has 1 amide bonds. The monoisotopic (exact) mass is 373 g/mol. The molecular formula is C21H19N5O2. The number of hydrogen-bond donors (Lipinski definition) is 2. The van der Waals surface area contributed by atoms with Gasteiger partial charge in [-0.05, 0) is 50.2 Å². The van der Waals surface area contributed by atoms with Gasteiger partial charge in [0.25, 0.3) is 5.91 Å². The zero-order chi connectivity index (χ0) is 19.5. The van der Waals surface area contributed by atoms with E-state index in [9.17, 15) is 4.79 Å². The number of hydrogen-bond acceptors (Lipinski definition) is 5. The summed E-state index contributed by atoms with van der Waals surface area (Å²) < 4.78 is 5.82. The summed E-state index contributed by atoms with van der Waals surface area (Å²) in [5.41, 5.74) is 3.91. The molecule has 4 rings (SSSR count). The first-order chi connectivity index (χ1) is 13.6. The number of rotatable bonds is 5. The average molecular weight is 373 g/mol. The van der Waals surface area contributed by atoms with Crippen molar-refractivity contribution in [3.05, 3.63) is 77.5 Å². The average Bonchev–Trinajstić information content (AvgIpc) is 3.08. The molecule has 140 valence electrons. The largest absolute Gasteiger partial charge is 0.437 e. The minimum atomic E-state index is -0.180. The van der Waals surface area contributed by atoms with Crippen LogP contribution in [0, 0.1) is 13.8 Å². The fraction of sp³-hybridized carbons (Fsp3) is 0.143. The standard InChI is InChI=1S/C21H19N5O2/c1-13-5-7-17(12-23-13)28-21-16(4-3-9-22-21)11-24-20(27)15-6-8-18-19(10-15)26-14(2)25-18/h3-10,12H,11H2,1-2H3,(H,24,27)(H,25,26). The Morgan fingerprint density at radius 3 is 2.86 bits per heavy atom. The Morgan fingerprint density at radius 2 is 2.04 bits per heavy atom. The fourth-order valence-corrected chi connectivity index (χ4v) is 2.83. The lowest BCUT2D eigenvalue weighted by molar-refractivity contribution is 0.0951. The van der Waals surface area contributed by atoms with E-state index in [1.165, 1.54) is 0 Å². The molecule has 0 radical (unpaired) electrons. The fourth-order valence-electron chi connectivity index (χ4n) is 2.83. The van der Waals surface area contributed by atoms with Crippen LogP contribution in [0.5, 0.6) is 11.6 Å². The molecule has 4 aromatic rings. The van der Waals surface area contributed by atoms with Gasteiger partial charge in [0.05, 0.1) is 17.2 Å². The number of aromatic amines is 1. The van der Waals surface area contributed by atoms with E-state index >= 15 is 0 Å². The number of imidazole rings is 1. The Labute approximate surface area is 161 Å². The summed E-state index contributed by atoms with van der Waals surface area (Å²) >= 11 is 0. The molecule has 2 N–H and O–H groups in total. The van der Waals surface area contributed by atoms with Gasteiger partial charge in [-0.1, -0.05) is 6.07 Å². The Morgan fingerprint density at radius 1 is 1.14 bits per heavy atom. The van der Waals surface area contributed by atoms with Gasteiger partial charge in [0.1, 0.15) is 11.6 Å². The Bertz CT molecular complexity index is 1140. The van der Waals surface area contributed by atoms with Gasteiger partial charge < -0.3 is 15.0 Å². The van der Waals surface area contributed by atoms with Crippen LogP contribution in [0.1, 0.15) is 27.4 Å². The van der Waals surface area contributed by atoms with Crippen LogP contribution in [-0.4, -0.2) is 25.8 Å². The molecule has 0 aliphatic rings. The van der Waals surface area contributed by atoms with Crippen LogP contribution < -0.4 is 10.1 Å². The molecule has 0 unspecified atom stereocenters. The van der Waals surface area contributed by atoms with Gasteiger partial charge in [0.2, 0.25) is 5.88 Å². The van der Waals surface area contributed by atoms with Crippen molar-refractivity contribution >= 4 is 16.9 Å². The Balaban J connectivity index is 1.48. The summed E-state index contributed by atoms with van der Waals surface area (Å²) in [6.07, 6.45) is 3.30. The van der Waals surface area contributed by atoms with Crippen molar-refractivity contribution in [2.75, 3.05) is 0 Å². The van der Waals surface area contributed by atoms with Crippen LogP contribution in [-0.2, 0) is 6.54 Å². The van der Waals surface area contributed by atoms with E-state index in [4.69, 9.17) is 4.74 Å². The molecule has 0 bridgehead atoms. The van der Waals surface area contributed by atoms with Crippen molar-refractivity contribution in [2.45, 2.75) is 20.4 Å². The highest BCUT2D eigenvalue weighted by Gasteiger charge is 2.11. The lowest BCUT2D eigenvalue weighted by Gasteiger charge is -2.11. The molecule has 7 heteroatoms. The molecule has 7 nitrogen and oxygen atoms in total. The van der Waals surface area contributed by atoms with Gasteiger partial charge in [0, 0.05) is 29.6 Å². The first-order valence-corrected chi connectivity index (χ1v) is 8.87. The predicted octanol–water partition coefficient (Wildman–Crippen LogP) is 3.69. The third-order valence-corrected chi connectivity index (χ3v) is 4.25. The van der Waals surface area contributed by atoms with Gasteiger partial charge in [0.15, 0.2) is 0 Å². The highest BCUT2D eigenvalue weighted by Crippen LogP contribution is 2.22. The Kier molecular flexibility index (Phi) is 4.72. The van der Waals surface area contributed by atoms with E-state index in [-0.39, 0.29) is 5.91 Å². The minimum absolute atomic E-state index is 0.180. The van der Waals surface area contributed by atoms with Crippen LogP contribution in [0.25, 0.3) is 11.0 Å². The SMILES string of the molecule is Cc1ccc(Oc2ncccc2CNC(=O)c2ccc3nc(C)[nH]c3c2)cn1. The number of fused-ring (bicyclic) bond motifs is 1. The maximum Gasteiger partial charge on any atom is 0.251 e. The summed E-state index contributed by atoms with van der Waals surface area (Å²) in [7, 11) is 0. The van der Waals surface area contributed by atoms with Gasteiger partial charge in [-0.2, -0.15) is 0 Å². The second-order valence-corrected chi connectivity index (χ2v) is 6.44. The van der Waals surface area contributed by atoms with Gasteiger partial charge in [-0.3, -0.25) is 9.78 Å². The maximum atomic E-state index is 12.6. The number of nitrogens with one attached hydrogen (secondary N) is 2. The number of carbonyl (C=O) groups excluding carboxylic acids is 1. The number of H-pyrrole nitrogens is 1. The number of aryl methyl sites for hydroxylation is 2. The highest BCUT2D eigenvalue weighted by atomic mass is 16.5. The normalized spacial score (nSPS) is 10.8. The van der Waals surface area contributed by atoms with Gasteiger partial charge in [-0.15, -0.1) is 0 Å². The molecule has 3 heterocycles. The maximum absolute atomic E-state index is 12.6. The van der Waals surface area contributed by atoms with Gasteiger partial charge >= 0.3 is 0 Å². The topological polar surface area (TPSA) is 92.8 Å². The summed E-state index contributed by atoms with van der Waals surface area (Å²) in [4.78, 5) is 28.5. The first-order valence-electron chi connectivity index (χ1n) is 8.87. The number of aromatic nitrogens is 4. The zero-order valence-electron chi connectivity index (χ0n) is 15.6. The smallest absolute Gasteiger partial charge is 0.251 e. The summed E-state index contributed by atoms with van der Waals surface area (Å²) in [5, 5.41) is 2.91. The Hall–Kier alpha value is -3.74. The number of nitrogens with zero attached hydrogens (tertiary/aromatic N) is 3. The lowest BCUT2D eigenvalue weighted by atomic mass is 10.2. The van der Waals surface area contributed by atoms with E-state index in [2.05, 4.69) is 25.3 Å². The van der Waals surface area contributed by atoms with Crippen molar-refractivity contribution in [3.8, 4) is 11.6 Å². The second kappa shape index (κ2) is 7.48. The minimum Gasteiger partial charge on any atom is -0.437 e. The molecule has 0 spiro atoms. The molecule has 0 aliphatic carbocycles. The van der Waals surface area contributed by atoms with E-state index in [1.807, 2.05) is 38.1 Å². The second-order valence-electron chi connectivity index (χ2n) is 6.44. The quantitative estimate of drug-likeness (QED) is 0.556. The summed E-state index contributed by atoms with van der Waals surface area (Å²) in [6, 6.07) is 12.8. The van der Waals surface area contributed by atoms with Crippen LogP contribution in [0.2, 0.25) is 0 Å². The molecule has 0 saturated carbocycles. The molecule has 0 fully saturated rings. The van der Waals surface area contributed by atoms with Crippen LogP contribution in [0.4, 0.5) is 0 Å². The van der Waals surface area contributed by atoms with Crippen molar-refractivity contribution in [3.63, 3.8) is 0 Å². The first kappa shape index (κ1) is 17.7. The summed E-state index contributed by atoms with van der Waals surface area (Å²) in [6.45, 7) is 4.09. The number of pyridine rings is 2. The highest BCUT2D eigenvalue weighted by molar-refractivity contribution is 5.97. The molecule has 0 aliphatic heterocycles. The molecule has 3 aromatic heterocycles. The van der Waals surface area contributed by atoms with E-state index in [0.717, 1.165) is 28.1 Å². The molecule has 0 saturated heterocycles. The van der Waals surface area contributed by atoms with E-state index < -0.39 is 0 Å². The van der Waals surface area contributed by atoms with E-state index in [1.54, 1.807) is 30.6 Å². The third-order valence-electron chi connectivity index (χ3n) is 4.25. The zero-order valence-corrected chi connectivity index (χ0v) is 15.6. The van der Waals surface area contributed by atoms with Crippen molar-refractivity contribution in [1.29, 1.82) is 0 Å². The predicted molar refractivity (Wildman–Crippen MR) is 105 cm³/mol. The summed E-state index contributed by atoms with van der Waals surface area (Å²) in [5.74, 6) is 1.67. The molecule has 28 heavy (non-hydrogen) atoms. The number of carbonyl (C=O) groups is 1. The van der Waals surface area contributed by atoms with Crippen LogP contribution in [0.3, 0.4) is 0 Å². The molecule has 1 aromatic carbocycles. The van der Waals surface area contributed by atoms with Crippen LogP contribution in [0.15, 0.2) is 54.9 Å². The van der Waals surface area contributed by atoms with Crippen molar-refractivity contribution in [2.24, 2.45) is 0 Å². The number of ether oxygens (including phenoxy) is 1. The van der Waals surface area contributed by atoms with Crippen molar-refractivity contribution < 1.29 is 9.53 Å². The molecular weight excluding hydrogens is 354 g/mol. The van der Waals surface area contributed by atoms with Crippen molar-refractivity contribution in [1.82, 2.24) is 25.3 Å². The molecule has 0 atom stereocenters.